The molecule has 0 spiro atoms. The summed E-state index contributed by atoms with van der Waals surface area (Å²) in [6.45, 7) is 3.89. The largest absolute Gasteiger partial charge is 0.447 e. The Bertz CT molecular complexity index is 787. The molecular weight excluding hydrogens is 322 g/mol. The Morgan fingerprint density at radius 3 is 2.76 bits per heavy atom. The maximum Gasteiger partial charge on any atom is 0.410 e. The average Bonchev–Trinajstić information content (AvgIpc) is 3.30. The van der Waals surface area contributed by atoms with Gasteiger partial charge in [0, 0.05) is 30.8 Å². The van der Waals surface area contributed by atoms with Gasteiger partial charge in [0.15, 0.2) is 12.2 Å². The Morgan fingerprint density at radius 1 is 1.28 bits per heavy atom. The highest BCUT2D eigenvalue weighted by Crippen LogP contribution is 2.32. The summed E-state index contributed by atoms with van der Waals surface area (Å²) in [6, 6.07) is 7.28. The van der Waals surface area contributed by atoms with Crippen LogP contribution in [-0.2, 0) is 4.74 Å². The van der Waals surface area contributed by atoms with E-state index in [1.54, 1.807) is 23.2 Å². The molecule has 3 heterocycles. The number of rotatable bonds is 3. The predicted octanol–water partition coefficient (Wildman–Crippen LogP) is 2.40. The minimum absolute atomic E-state index is 0.0315. The number of hydrogen-bond acceptors (Lipinski definition) is 5. The van der Waals surface area contributed by atoms with Crippen LogP contribution in [0.2, 0.25) is 0 Å². The number of piperazine rings is 1. The van der Waals surface area contributed by atoms with Gasteiger partial charge in [0.25, 0.3) is 5.91 Å². The molecule has 2 aromatic rings. The van der Waals surface area contributed by atoms with Gasteiger partial charge in [-0.1, -0.05) is 19.1 Å². The standard InChI is InChI=1S/C18H19N3O4/c1-2-18-10-20(7-8-21(18)17(23)24-11-18)16(22)14-5-3-13(4-6-14)15-9-19-12-25-15/h3-6,9,12H,2,7-8,10-11H2,1H3. The van der Waals surface area contributed by atoms with E-state index in [4.69, 9.17) is 9.15 Å². The summed E-state index contributed by atoms with van der Waals surface area (Å²) in [6.07, 6.45) is 3.50. The van der Waals surface area contributed by atoms with Crippen LogP contribution in [0.1, 0.15) is 23.7 Å². The highest BCUT2D eigenvalue weighted by atomic mass is 16.6. The number of amides is 2. The van der Waals surface area contributed by atoms with Gasteiger partial charge in [-0.3, -0.25) is 9.69 Å². The van der Waals surface area contributed by atoms with Crippen molar-refractivity contribution < 1.29 is 18.7 Å². The smallest absolute Gasteiger partial charge is 0.410 e. The van der Waals surface area contributed by atoms with Crippen molar-refractivity contribution >= 4 is 12.0 Å². The van der Waals surface area contributed by atoms with Crippen LogP contribution in [0.3, 0.4) is 0 Å². The first kappa shape index (κ1) is 15.7. The van der Waals surface area contributed by atoms with Crippen molar-refractivity contribution in [1.82, 2.24) is 14.8 Å². The summed E-state index contributed by atoms with van der Waals surface area (Å²) in [7, 11) is 0. The molecule has 130 valence electrons. The van der Waals surface area contributed by atoms with Gasteiger partial charge in [0.1, 0.15) is 6.61 Å². The molecule has 4 rings (SSSR count). The summed E-state index contributed by atoms with van der Waals surface area (Å²) in [4.78, 5) is 32.2. The normalized spacial score (nSPS) is 22.7. The number of oxazole rings is 1. The third-order valence-corrected chi connectivity index (χ3v) is 5.13. The van der Waals surface area contributed by atoms with Gasteiger partial charge >= 0.3 is 6.09 Å². The zero-order valence-electron chi connectivity index (χ0n) is 14.0. The molecule has 2 amide bonds. The number of carbonyl (C=O) groups is 2. The fraction of sp³-hybridized carbons (Fsp3) is 0.389. The Labute approximate surface area is 145 Å². The van der Waals surface area contributed by atoms with Gasteiger partial charge in [0.2, 0.25) is 0 Å². The lowest BCUT2D eigenvalue weighted by Gasteiger charge is -2.44. The highest BCUT2D eigenvalue weighted by molar-refractivity contribution is 5.95. The molecule has 0 N–H and O–H groups in total. The van der Waals surface area contributed by atoms with Crippen LogP contribution in [-0.4, -0.2) is 58.6 Å². The van der Waals surface area contributed by atoms with E-state index >= 15 is 0 Å². The molecule has 7 heteroatoms. The first-order chi connectivity index (χ1) is 12.1. The molecule has 2 fully saturated rings. The second-order valence-electron chi connectivity index (χ2n) is 6.45. The molecule has 1 aromatic carbocycles. The summed E-state index contributed by atoms with van der Waals surface area (Å²) in [5.74, 6) is 0.634. The maximum atomic E-state index is 12.9. The SMILES string of the molecule is CCC12COC(=O)N1CCN(C(=O)c1ccc(-c3cnco3)cc1)C2. The zero-order chi connectivity index (χ0) is 17.4. The summed E-state index contributed by atoms with van der Waals surface area (Å²) >= 11 is 0. The molecular formula is C18H19N3O4. The van der Waals surface area contributed by atoms with Crippen molar-refractivity contribution in [3.05, 3.63) is 42.4 Å². The van der Waals surface area contributed by atoms with Crippen molar-refractivity contribution in [2.45, 2.75) is 18.9 Å². The molecule has 1 unspecified atom stereocenters. The monoisotopic (exact) mass is 341 g/mol. The van der Waals surface area contributed by atoms with E-state index in [-0.39, 0.29) is 12.0 Å². The van der Waals surface area contributed by atoms with E-state index in [2.05, 4.69) is 4.98 Å². The Morgan fingerprint density at radius 2 is 2.08 bits per heavy atom. The molecule has 0 saturated carbocycles. The van der Waals surface area contributed by atoms with Gasteiger partial charge in [-0.25, -0.2) is 9.78 Å². The Balaban J connectivity index is 1.52. The number of benzene rings is 1. The maximum absolute atomic E-state index is 12.9. The van der Waals surface area contributed by atoms with Gasteiger partial charge < -0.3 is 14.1 Å². The lowest BCUT2D eigenvalue weighted by molar-refractivity contribution is 0.0362. The van der Waals surface area contributed by atoms with E-state index in [9.17, 15) is 9.59 Å². The van der Waals surface area contributed by atoms with Crippen LogP contribution >= 0.6 is 0 Å². The molecule has 2 aliphatic rings. The van der Waals surface area contributed by atoms with Crippen molar-refractivity contribution in [1.29, 1.82) is 0 Å². The second-order valence-corrected chi connectivity index (χ2v) is 6.45. The predicted molar refractivity (Wildman–Crippen MR) is 88.9 cm³/mol. The number of cyclic esters (lactones) is 1. The average molecular weight is 341 g/mol. The number of ether oxygens (including phenoxy) is 1. The van der Waals surface area contributed by atoms with Gasteiger partial charge in [-0.05, 0) is 18.6 Å². The van der Waals surface area contributed by atoms with E-state index in [1.807, 2.05) is 24.0 Å². The van der Waals surface area contributed by atoms with Crippen LogP contribution in [0.4, 0.5) is 4.79 Å². The fourth-order valence-corrected chi connectivity index (χ4v) is 3.56. The summed E-state index contributed by atoms with van der Waals surface area (Å²) < 4.78 is 10.5. The number of hydrogen-bond donors (Lipinski definition) is 0. The van der Waals surface area contributed by atoms with Gasteiger partial charge in [-0.15, -0.1) is 0 Å². The van der Waals surface area contributed by atoms with E-state index < -0.39 is 5.54 Å². The molecule has 1 atom stereocenters. The number of carbonyl (C=O) groups excluding carboxylic acids is 2. The van der Waals surface area contributed by atoms with Crippen molar-refractivity contribution in [3.8, 4) is 11.3 Å². The van der Waals surface area contributed by atoms with Crippen LogP contribution in [0.25, 0.3) is 11.3 Å². The molecule has 7 nitrogen and oxygen atoms in total. The minimum atomic E-state index is -0.398. The van der Waals surface area contributed by atoms with Crippen LogP contribution in [0.15, 0.2) is 41.3 Å². The molecule has 0 bridgehead atoms. The first-order valence-corrected chi connectivity index (χ1v) is 8.35. The van der Waals surface area contributed by atoms with Crippen molar-refractivity contribution in [3.63, 3.8) is 0 Å². The summed E-state index contributed by atoms with van der Waals surface area (Å²) in [5.41, 5.74) is 1.09. The summed E-state index contributed by atoms with van der Waals surface area (Å²) in [5, 5.41) is 0. The quantitative estimate of drug-likeness (QED) is 0.857. The minimum Gasteiger partial charge on any atom is -0.447 e. The van der Waals surface area contributed by atoms with Crippen LogP contribution in [0, 0.1) is 0 Å². The van der Waals surface area contributed by atoms with Crippen LogP contribution < -0.4 is 0 Å². The third-order valence-electron chi connectivity index (χ3n) is 5.13. The Kier molecular flexibility index (Phi) is 3.71. The zero-order valence-corrected chi connectivity index (χ0v) is 14.0. The molecule has 2 aliphatic heterocycles. The Hall–Kier alpha value is -2.83. The molecule has 25 heavy (non-hydrogen) atoms. The van der Waals surface area contributed by atoms with Crippen LogP contribution in [0.5, 0.6) is 0 Å². The molecule has 2 saturated heterocycles. The van der Waals surface area contributed by atoms with Gasteiger partial charge in [-0.2, -0.15) is 0 Å². The molecule has 0 radical (unpaired) electrons. The highest BCUT2D eigenvalue weighted by Gasteiger charge is 2.50. The van der Waals surface area contributed by atoms with E-state index in [1.165, 1.54) is 6.39 Å². The lowest BCUT2D eigenvalue weighted by atomic mass is 9.92. The first-order valence-electron chi connectivity index (χ1n) is 8.35. The van der Waals surface area contributed by atoms with Crippen molar-refractivity contribution in [2.24, 2.45) is 0 Å². The lowest BCUT2D eigenvalue weighted by Crippen LogP contribution is -2.62. The number of nitrogens with zero attached hydrogens (tertiary/aromatic N) is 3. The number of fused-ring (bicyclic) bond motifs is 1. The fourth-order valence-electron chi connectivity index (χ4n) is 3.56. The van der Waals surface area contributed by atoms with E-state index in [0.29, 0.717) is 37.6 Å². The molecule has 1 aromatic heterocycles. The third kappa shape index (κ3) is 2.56. The number of aromatic nitrogens is 1. The van der Waals surface area contributed by atoms with Crippen molar-refractivity contribution in [2.75, 3.05) is 26.2 Å². The topological polar surface area (TPSA) is 75.9 Å². The molecule has 0 aliphatic carbocycles. The van der Waals surface area contributed by atoms with E-state index in [0.717, 1.165) is 12.0 Å². The van der Waals surface area contributed by atoms with Gasteiger partial charge in [0.05, 0.1) is 11.7 Å². The second kappa shape index (κ2) is 5.91.